The van der Waals surface area contributed by atoms with Crippen molar-refractivity contribution in [1.82, 2.24) is 15.6 Å². The minimum absolute atomic E-state index is 0.333. The molecule has 0 spiro atoms. The molecular formula is C20H25FN4O. The quantitative estimate of drug-likeness (QED) is 0.628. The lowest BCUT2D eigenvalue weighted by molar-refractivity contribution is 0.410. The second kappa shape index (κ2) is 9.17. The molecular weight excluding hydrogens is 331 g/mol. The van der Waals surface area contributed by atoms with E-state index in [9.17, 15) is 4.39 Å². The molecule has 2 aromatic rings. The molecule has 1 fully saturated rings. The lowest BCUT2D eigenvalue weighted by Crippen LogP contribution is -2.43. The van der Waals surface area contributed by atoms with Crippen LogP contribution in [0.25, 0.3) is 0 Å². The highest BCUT2D eigenvalue weighted by Gasteiger charge is 2.14. The molecule has 0 saturated heterocycles. The molecule has 2 N–H and O–H groups in total. The van der Waals surface area contributed by atoms with Crippen LogP contribution in [0.1, 0.15) is 37.7 Å². The first-order valence-corrected chi connectivity index (χ1v) is 9.08. The van der Waals surface area contributed by atoms with E-state index >= 15 is 0 Å². The Kier molecular flexibility index (Phi) is 6.41. The van der Waals surface area contributed by atoms with Crippen molar-refractivity contribution < 1.29 is 9.13 Å². The predicted molar refractivity (Wildman–Crippen MR) is 101 cm³/mol. The van der Waals surface area contributed by atoms with E-state index in [-0.39, 0.29) is 5.82 Å². The van der Waals surface area contributed by atoms with Gasteiger partial charge in [0.15, 0.2) is 5.96 Å². The lowest BCUT2D eigenvalue weighted by Gasteiger charge is -2.24. The molecule has 26 heavy (non-hydrogen) atoms. The number of hydrogen-bond acceptors (Lipinski definition) is 3. The Morgan fingerprint density at radius 1 is 1.23 bits per heavy atom. The molecule has 0 amide bonds. The van der Waals surface area contributed by atoms with Crippen molar-refractivity contribution in [1.29, 1.82) is 0 Å². The Hall–Kier alpha value is -2.63. The number of guanidine groups is 1. The van der Waals surface area contributed by atoms with E-state index in [1.807, 2.05) is 6.07 Å². The molecule has 3 rings (SSSR count). The van der Waals surface area contributed by atoms with Gasteiger partial charge in [-0.2, -0.15) is 0 Å². The first kappa shape index (κ1) is 18.2. The minimum atomic E-state index is -0.333. The van der Waals surface area contributed by atoms with Crippen LogP contribution < -0.4 is 15.4 Å². The monoisotopic (exact) mass is 356 g/mol. The number of benzene rings is 1. The molecule has 1 heterocycles. The van der Waals surface area contributed by atoms with E-state index in [0.717, 1.165) is 11.5 Å². The summed E-state index contributed by atoms with van der Waals surface area (Å²) in [7, 11) is 1.78. The van der Waals surface area contributed by atoms with Crippen LogP contribution >= 0.6 is 0 Å². The normalized spacial score (nSPS) is 15.5. The van der Waals surface area contributed by atoms with Crippen molar-refractivity contribution in [2.45, 2.75) is 44.7 Å². The zero-order valence-corrected chi connectivity index (χ0v) is 15.0. The van der Waals surface area contributed by atoms with Crippen molar-refractivity contribution in [3.8, 4) is 11.6 Å². The number of pyridine rings is 1. The van der Waals surface area contributed by atoms with Gasteiger partial charge >= 0.3 is 0 Å². The standard InChI is InChI=1S/C20H25FN4O/c1-22-20(25-17-7-3-2-4-8-17)24-14-15-10-11-19(23-13-15)26-18-9-5-6-16(21)12-18/h5-6,9-13,17H,2-4,7-8,14H2,1H3,(H2,22,24,25). The first-order chi connectivity index (χ1) is 12.7. The van der Waals surface area contributed by atoms with Crippen LogP contribution in [0.15, 0.2) is 47.6 Å². The number of ether oxygens (including phenoxy) is 1. The SMILES string of the molecule is CN=C(NCc1ccc(Oc2cccc(F)c2)nc1)NC1CCCCC1. The molecule has 1 aromatic carbocycles. The molecule has 1 aromatic heterocycles. The molecule has 0 bridgehead atoms. The van der Waals surface area contributed by atoms with E-state index in [1.165, 1.54) is 44.2 Å². The third kappa shape index (κ3) is 5.44. The number of aliphatic imine (C=N–C) groups is 1. The summed E-state index contributed by atoms with van der Waals surface area (Å²) in [6, 6.07) is 10.2. The highest BCUT2D eigenvalue weighted by molar-refractivity contribution is 5.79. The Bertz CT molecular complexity index is 727. The molecule has 1 saturated carbocycles. The van der Waals surface area contributed by atoms with E-state index < -0.39 is 0 Å². The molecule has 0 radical (unpaired) electrons. The molecule has 1 aliphatic rings. The Balaban J connectivity index is 1.50. The Labute approximate surface area is 153 Å². The number of nitrogens with one attached hydrogen (secondary N) is 2. The second-order valence-electron chi connectivity index (χ2n) is 6.47. The van der Waals surface area contributed by atoms with Crippen LogP contribution in [0.3, 0.4) is 0 Å². The van der Waals surface area contributed by atoms with Crippen molar-refractivity contribution in [3.05, 3.63) is 54.0 Å². The van der Waals surface area contributed by atoms with Gasteiger partial charge in [0.25, 0.3) is 0 Å². The second-order valence-corrected chi connectivity index (χ2v) is 6.47. The summed E-state index contributed by atoms with van der Waals surface area (Å²) in [4.78, 5) is 8.57. The lowest BCUT2D eigenvalue weighted by atomic mass is 9.96. The number of halogens is 1. The van der Waals surface area contributed by atoms with Gasteiger partial charge in [0, 0.05) is 38.0 Å². The Morgan fingerprint density at radius 2 is 2.08 bits per heavy atom. The van der Waals surface area contributed by atoms with Crippen molar-refractivity contribution >= 4 is 5.96 Å². The third-order valence-electron chi connectivity index (χ3n) is 4.45. The van der Waals surface area contributed by atoms with Crippen LogP contribution in [0, 0.1) is 5.82 Å². The highest BCUT2D eigenvalue weighted by Crippen LogP contribution is 2.20. The van der Waals surface area contributed by atoms with Crippen molar-refractivity contribution in [2.75, 3.05) is 7.05 Å². The fourth-order valence-corrected chi connectivity index (χ4v) is 3.05. The third-order valence-corrected chi connectivity index (χ3v) is 4.45. The summed E-state index contributed by atoms with van der Waals surface area (Å²) in [5.74, 6) is 1.35. The van der Waals surface area contributed by atoms with Gasteiger partial charge in [-0.05, 0) is 30.5 Å². The van der Waals surface area contributed by atoms with Crippen molar-refractivity contribution in [2.24, 2.45) is 4.99 Å². The average molecular weight is 356 g/mol. The zero-order valence-electron chi connectivity index (χ0n) is 15.0. The Morgan fingerprint density at radius 3 is 2.77 bits per heavy atom. The fraction of sp³-hybridized carbons (Fsp3) is 0.400. The van der Waals surface area contributed by atoms with Gasteiger partial charge in [-0.1, -0.05) is 31.4 Å². The summed E-state index contributed by atoms with van der Waals surface area (Å²) in [5.41, 5.74) is 1.02. The van der Waals surface area contributed by atoms with E-state index in [2.05, 4.69) is 20.6 Å². The topological polar surface area (TPSA) is 58.5 Å². The maximum Gasteiger partial charge on any atom is 0.219 e. The van der Waals surface area contributed by atoms with Crippen LogP contribution in [-0.4, -0.2) is 24.0 Å². The van der Waals surface area contributed by atoms with Gasteiger partial charge in [0.05, 0.1) is 0 Å². The molecule has 5 nitrogen and oxygen atoms in total. The summed E-state index contributed by atoms with van der Waals surface area (Å²) in [6.45, 7) is 0.625. The van der Waals surface area contributed by atoms with Crippen LogP contribution in [0.4, 0.5) is 4.39 Å². The van der Waals surface area contributed by atoms with Gasteiger partial charge < -0.3 is 15.4 Å². The maximum absolute atomic E-state index is 13.2. The van der Waals surface area contributed by atoms with Crippen LogP contribution in [0.5, 0.6) is 11.6 Å². The van der Waals surface area contributed by atoms with Gasteiger partial charge in [-0.25, -0.2) is 9.37 Å². The van der Waals surface area contributed by atoms with Gasteiger partial charge in [-0.3, -0.25) is 4.99 Å². The summed E-state index contributed by atoms with van der Waals surface area (Å²) < 4.78 is 18.7. The summed E-state index contributed by atoms with van der Waals surface area (Å²) >= 11 is 0. The number of nitrogens with zero attached hydrogens (tertiary/aromatic N) is 2. The highest BCUT2D eigenvalue weighted by atomic mass is 19.1. The van der Waals surface area contributed by atoms with Gasteiger partial charge in [0.1, 0.15) is 11.6 Å². The van der Waals surface area contributed by atoms with Gasteiger partial charge in [0.2, 0.25) is 5.88 Å². The summed E-state index contributed by atoms with van der Waals surface area (Å²) in [5, 5.41) is 6.80. The molecule has 138 valence electrons. The molecule has 0 atom stereocenters. The van der Waals surface area contributed by atoms with Crippen LogP contribution in [0.2, 0.25) is 0 Å². The average Bonchev–Trinajstić information content (AvgIpc) is 2.67. The summed E-state index contributed by atoms with van der Waals surface area (Å²) in [6.07, 6.45) is 8.05. The van der Waals surface area contributed by atoms with Crippen LogP contribution in [-0.2, 0) is 6.54 Å². The smallest absolute Gasteiger partial charge is 0.219 e. The largest absolute Gasteiger partial charge is 0.439 e. The maximum atomic E-state index is 13.2. The fourth-order valence-electron chi connectivity index (χ4n) is 3.05. The molecule has 1 aliphatic carbocycles. The number of hydrogen-bond donors (Lipinski definition) is 2. The number of aromatic nitrogens is 1. The molecule has 0 unspecified atom stereocenters. The minimum Gasteiger partial charge on any atom is -0.439 e. The molecule has 6 heteroatoms. The molecule has 0 aliphatic heterocycles. The van der Waals surface area contributed by atoms with E-state index in [1.54, 1.807) is 31.4 Å². The zero-order chi connectivity index (χ0) is 18.2. The van der Waals surface area contributed by atoms with Gasteiger partial charge in [-0.15, -0.1) is 0 Å². The van der Waals surface area contributed by atoms with E-state index in [0.29, 0.717) is 24.2 Å². The number of rotatable bonds is 5. The predicted octanol–water partition coefficient (Wildman–Crippen LogP) is 4.01. The van der Waals surface area contributed by atoms with E-state index in [4.69, 9.17) is 4.74 Å². The van der Waals surface area contributed by atoms with Crippen molar-refractivity contribution in [3.63, 3.8) is 0 Å². The first-order valence-electron chi connectivity index (χ1n) is 9.08.